The summed E-state index contributed by atoms with van der Waals surface area (Å²) in [6, 6.07) is 0. The molecule has 16 heavy (non-hydrogen) atoms. The van der Waals surface area contributed by atoms with E-state index in [9.17, 15) is 0 Å². The minimum Gasteiger partial charge on any atom is -0.385 e. The van der Waals surface area contributed by atoms with E-state index in [1.807, 2.05) is 0 Å². The summed E-state index contributed by atoms with van der Waals surface area (Å²) >= 11 is 0. The van der Waals surface area contributed by atoms with E-state index in [2.05, 4.69) is 51.1 Å². The van der Waals surface area contributed by atoms with Crippen LogP contribution in [-0.4, -0.2) is 18.6 Å². The van der Waals surface area contributed by atoms with Crippen molar-refractivity contribution >= 4 is 5.87 Å². The molecule has 0 saturated heterocycles. The van der Waals surface area contributed by atoms with Gasteiger partial charge in [0.1, 0.15) is 6.10 Å². The summed E-state index contributed by atoms with van der Waals surface area (Å²) in [7, 11) is 0. The zero-order chi connectivity index (χ0) is 12.4. The molecule has 0 aromatic rings. The Labute approximate surface area is 98.6 Å². The van der Waals surface area contributed by atoms with Crippen LogP contribution in [0.2, 0.25) is 0 Å². The molecule has 0 radical (unpaired) electrons. The van der Waals surface area contributed by atoms with E-state index < -0.39 is 0 Å². The van der Waals surface area contributed by atoms with Crippen molar-refractivity contribution in [2.45, 2.75) is 53.6 Å². The quantitative estimate of drug-likeness (QED) is 0.414. The molecule has 0 aliphatic carbocycles. The Kier molecular flexibility index (Phi) is 7.69. The number of hydroxylamine groups is 1. The van der Waals surface area contributed by atoms with E-state index in [1.165, 1.54) is 6.20 Å². The van der Waals surface area contributed by atoms with Crippen LogP contribution >= 0.6 is 0 Å². The summed E-state index contributed by atoms with van der Waals surface area (Å²) in [4.78, 5) is 10.3. The van der Waals surface area contributed by atoms with Gasteiger partial charge in [-0.3, -0.25) is 10.3 Å². The van der Waals surface area contributed by atoms with Crippen LogP contribution in [0.4, 0.5) is 0 Å². The van der Waals surface area contributed by atoms with Crippen LogP contribution < -0.4 is 5.48 Å². The highest BCUT2D eigenvalue weighted by Gasteiger charge is 2.09. The van der Waals surface area contributed by atoms with Crippen molar-refractivity contribution in [1.29, 1.82) is 0 Å². The van der Waals surface area contributed by atoms with Gasteiger partial charge in [0.15, 0.2) is 0 Å². The zero-order valence-electron chi connectivity index (χ0n) is 11.0. The lowest BCUT2D eigenvalue weighted by Crippen LogP contribution is -2.19. The normalized spacial score (nSPS) is 10.9. The smallest absolute Gasteiger partial charge is 0.127 e. The van der Waals surface area contributed by atoms with Crippen molar-refractivity contribution in [3.8, 4) is 0 Å². The van der Waals surface area contributed by atoms with Gasteiger partial charge in [-0.2, -0.15) is 0 Å². The van der Waals surface area contributed by atoms with Crippen LogP contribution in [0.5, 0.6) is 0 Å². The summed E-state index contributed by atoms with van der Waals surface area (Å²) in [5.74, 6) is 2.61. The molecule has 0 spiro atoms. The second-order valence-corrected chi connectivity index (χ2v) is 4.88. The van der Waals surface area contributed by atoms with E-state index >= 15 is 0 Å². The van der Waals surface area contributed by atoms with Crippen molar-refractivity contribution in [2.24, 2.45) is 10.6 Å². The lowest BCUT2D eigenvalue weighted by atomic mass is 9.99. The molecular formula is C12H24N2O2. The standard InChI is InChI=1S/C12H24N2O2/c1-6-11(7-2)16-14-9-8-13-15-10-12(3,4)5/h8,11,13H,6-7,10H2,1-5H3. The van der Waals surface area contributed by atoms with Crippen molar-refractivity contribution in [3.63, 3.8) is 0 Å². The average molecular weight is 228 g/mol. The first-order valence-corrected chi connectivity index (χ1v) is 5.80. The number of hydrogen-bond acceptors (Lipinski definition) is 4. The van der Waals surface area contributed by atoms with Crippen LogP contribution in [0.25, 0.3) is 0 Å². The third-order valence-electron chi connectivity index (χ3n) is 1.88. The number of hydrogen-bond donors (Lipinski definition) is 1. The van der Waals surface area contributed by atoms with E-state index in [1.54, 1.807) is 0 Å². The van der Waals surface area contributed by atoms with Gasteiger partial charge in [-0.15, -0.1) is 0 Å². The number of nitrogens with one attached hydrogen (secondary N) is 1. The van der Waals surface area contributed by atoms with Gasteiger partial charge >= 0.3 is 0 Å². The van der Waals surface area contributed by atoms with E-state index in [-0.39, 0.29) is 11.5 Å². The molecule has 0 aromatic heterocycles. The maximum Gasteiger partial charge on any atom is 0.127 e. The highest BCUT2D eigenvalue weighted by Crippen LogP contribution is 2.11. The van der Waals surface area contributed by atoms with Crippen LogP contribution in [0, 0.1) is 5.41 Å². The van der Waals surface area contributed by atoms with Gasteiger partial charge in [0.25, 0.3) is 0 Å². The molecule has 1 N–H and O–H groups in total. The van der Waals surface area contributed by atoms with Gasteiger partial charge < -0.3 is 4.84 Å². The molecule has 0 saturated carbocycles. The van der Waals surface area contributed by atoms with Crippen molar-refractivity contribution in [2.75, 3.05) is 6.61 Å². The minimum atomic E-state index is 0.143. The fourth-order valence-electron chi connectivity index (χ4n) is 0.895. The summed E-state index contributed by atoms with van der Waals surface area (Å²) in [5, 5.41) is 3.70. The molecule has 0 atom stereocenters. The fourth-order valence-corrected chi connectivity index (χ4v) is 0.895. The molecule has 0 fully saturated rings. The summed E-state index contributed by atoms with van der Waals surface area (Å²) in [5.41, 5.74) is 2.78. The maximum absolute atomic E-state index is 5.18. The van der Waals surface area contributed by atoms with Crippen molar-refractivity contribution in [1.82, 2.24) is 5.48 Å². The lowest BCUT2D eigenvalue weighted by Gasteiger charge is -2.16. The Bertz CT molecular complexity index is 224. The van der Waals surface area contributed by atoms with Crippen LogP contribution in [0.3, 0.4) is 0 Å². The molecule has 0 heterocycles. The number of nitrogens with zero attached hydrogens (tertiary/aromatic N) is 1. The predicted octanol–water partition coefficient (Wildman–Crippen LogP) is 2.86. The SMILES string of the molecule is CCC(CC)ON=C=CNOCC(C)(C)C. The Morgan fingerprint density at radius 3 is 2.44 bits per heavy atom. The highest BCUT2D eigenvalue weighted by atomic mass is 16.6. The zero-order valence-corrected chi connectivity index (χ0v) is 11.0. The first-order valence-electron chi connectivity index (χ1n) is 5.80. The van der Waals surface area contributed by atoms with Gasteiger partial charge in [0.05, 0.1) is 12.8 Å². The molecule has 0 aliphatic heterocycles. The van der Waals surface area contributed by atoms with E-state index in [0.29, 0.717) is 6.61 Å². The van der Waals surface area contributed by atoms with Crippen LogP contribution in [-0.2, 0) is 9.68 Å². The average Bonchev–Trinajstić information content (AvgIpc) is 2.21. The topological polar surface area (TPSA) is 42.8 Å². The van der Waals surface area contributed by atoms with Gasteiger partial charge in [0, 0.05) is 5.87 Å². The van der Waals surface area contributed by atoms with Crippen molar-refractivity contribution in [3.05, 3.63) is 6.20 Å². The molecule has 4 heteroatoms. The summed E-state index contributed by atoms with van der Waals surface area (Å²) in [6.07, 6.45) is 3.58. The molecule has 0 unspecified atom stereocenters. The first kappa shape index (κ1) is 15.0. The molecule has 4 nitrogen and oxygen atoms in total. The van der Waals surface area contributed by atoms with E-state index in [0.717, 1.165) is 12.8 Å². The van der Waals surface area contributed by atoms with Crippen molar-refractivity contribution < 1.29 is 9.68 Å². The Balaban J connectivity index is 3.64. The predicted molar refractivity (Wildman–Crippen MR) is 66.0 cm³/mol. The highest BCUT2D eigenvalue weighted by molar-refractivity contribution is 5.49. The van der Waals surface area contributed by atoms with Crippen LogP contribution in [0.1, 0.15) is 47.5 Å². The Morgan fingerprint density at radius 1 is 1.31 bits per heavy atom. The van der Waals surface area contributed by atoms with Gasteiger partial charge in [-0.25, -0.2) is 0 Å². The lowest BCUT2D eigenvalue weighted by molar-refractivity contribution is 0.0210. The summed E-state index contributed by atoms with van der Waals surface area (Å²) in [6.45, 7) is 11.1. The second kappa shape index (κ2) is 8.20. The fraction of sp³-hybridized carbons (Fsp3) is 0.833. The molecule has 0 aliphatic rings. The molecule has 0 amide bonds. The second-order valence-electron chi connectivity index (χ2n) is 4.88. The van der Waals surface area contributed by atoms with Gasteiger partial charge in [-0.1, -0.05) is 34.6 Å². The third-order valence-corrected chi connectivity index (χ3v) is 1.88. The largest absolute Gasteiger partial charge is 0.385 e. The molecule has 0 rings (SSSR count). The minimum absolute atomic E-state index is 0.143. The molecule has 0 aromatic carbocycles. The molecular weight excluding hydrogens is 204 g/mol. The Hall–Kier alpha value is -0.990. The first-order chi connectivity index (χ1) is 7.49. The maximum atomic E-state index is 5.18. The monoisotopic (exact) mass is 228 g/mol. The van der Waals surface area contributed by atoms with Gasteiger partial charge in [0.2, 0.25) is 0 Å². The van der Waals surface area contributed by atoms with E-state index in [4.69, 9.17) is 9.68 Å². The number of rotatable bonds is 7. The molecule has 94 valence electrons. The van der Waals surface area contributed by atoms with Crippen LogP contribution in [0.15, 0.2) is 11.4 Å². The van der Waals surface area contributed by atoms with Gasteiger partial charge in [-0.05, 0) is 23.4 Å². The molecule has 0 bridgehead atoms. The Morgan fingerprint density at radius 2 is 1.94 bits per heavy atom. The summed E-state index contributed by atoms with van der Waals surface area (Å²) < 4.78 is 0. The third kappa shape index (κ3) is 9.56.